The Balaban J connectivity index is 1.70. The van der Waals surface area contributed by atoms with Gasteiger partial charge in [-0.05, 0) is 52.1 Å². The van der Waals surface area contributed by atoms with Crippen molar-refractivity contribution in [3.63, 3.8) is 0 Å². The molecular weight excluding hydrogens is 386 g/mol. The van der Waals surface area contributed by atoms with E-state index in [0.717, 1.165) is 0 Å². The number of nitrogens with zero attached hydrogens (tertiary/aromatic N) is 1. The van der Waals surface area contributed by atoms with Gasteiger partial charge >= 0.3 is 0 Å². The second-order valence-electron chi connectivity index (χ2n) is 8.55. The van der Waals surface area contributed by atoms with Gasteiger partial charge in [0.2, 0.25) is 0 Å². The predicted octanol–water partition coefficient (Wildman–Crippen LogP) is 7.83. The summed E-state index contributed by atoms with van der Waals surface area (Å²) < 4.78 is 0. The van der Waals surface area contributed by atoms with E-state index in [1.54, 1.807) is 0 Å². The fourth-order valence-corrected chi connectivity index (χ4v) is 5.92. The third kappa shape index (κ3) is 2.08. The Morgan fingerprint density at radius 2 is 1.03 bits per heavy atom. The van der Waals surface area contributed by atoms with Crippen LogP contribution in [0.2, 0.25) is 0 Å². The summed E-state index contributed by atoms with van der Waals surface area (Å²) in [6.07, 6.45) is 0. The van der Waals surface area contributed by atoms with Crippen molar-refractivity contribution in [2.45, 2.75) is 5.41 Å². The highest BCUT2D eigenvalue weighted by molar-refractivity contribution is 5.99. The van der Waals surface area contributed by atoms with Gasteiger partial charge in [-0.25, -0.2) is 0 Å². The molecule has 1 atom stereocenters. The topological polar surface area (TPSA) is 3.24 Å². The predicted molar refractivity (Wildman–Crippen MR) is 132 cm³/mol. The lowest BCUT2D eigenvalue weighted by molar-refractivity contribution is 0.753. The first-order valence-corrected chi connectivity index (χ1v) is 11.1. The van der Waals surface area contributed by atoms with Gasteiger partial charge in [0, 0.05) is 11.3 Å². The highest BCUT2D eigenvalue weighted by atomic mass is 15.2. The third-order valence-electron chi connectivity index (χ3n) is 7.05. The van der Waals surface area contributed by atoms with Crippen molar-refractivity contribution < 1.29 is 0 Å². The Kier molecular flexibility index (Phi) is 3.54. The summed E-state index contributed by atoms with van der Waals surface area (Å²) in [5, 5.41) is 0. The molecule has 32 heavy (non-hydrogen) atoms. The molecular formula is C31H21N. The van der Waals surface area contributed by atoms with E-state index in [1.807, 2.05) is 0 Å². The molecule has 1 heteroatoms. The fourth-order valence-electron chi connectivity index (χ4n) is 5.92. The summed E-state index contributed by atoms with van der Waals surface area (Å²) in [6.45, 7) is 0. The maximum Gasteiger partial charge on any atom is 0.0754 e. The van der Waals surface area contributed by atoms with E-state index in [1.165, 1.54) is 50.4 Å². The molecule has 0 amide bonds. The number of anilines is 3. The maximum absolute atomic E-state index is 2.43. The SMILES string of the molecule is c1ccc(N2c3ccccc3C3(c4ccccc4)c4ccccc4-c4cccc2c43)cc1. The highest BCUT2D eigenvalue weighted by Crippen LogP contribution is 2.64. The van der Waals surface area contributed by atoms with Crippen LogP contribution in [0, 0.1) is 0 Å². The smallest absolute Gasteiger partial charge is 0.0754 e. The number of hydrogen-bond donors (Lipinski definition) is 0. The summed E-state index contributed by atoms with van der Waals surface area (Å²) in [6, 6.07) is 46.4. The zero-order valence-corrected chi connectivity index (χ0v) is 17.6. The molecule has 0 N–H and O–H groups in total. The zero-order chi connectivity index (χ0) is 21.1. The van der Waals surface area contributed by atoms with E-state index in [-0.39, 0.29) is 5.41 Å². The lowest BCUT2D eigenvalue weighted by Gasteiger charge is -2.44. The largest absolute Gasteiger partial charge is 0.310 e. The summed E-state index contributed by atoms with van der Waals surface area (Å²) in [5.41, 5.74) is 11.4. The summed E-state index contributed by atoms with van der Waals surface area (Å²) in [7, 11) is 0. The standard InChI is InChI=1S/C31H21N/c1-3-12-22(13-4-1)31-26-18-8-7-16-24(26)25-17-11-21-29(30(25)31)32(23-14-5-2-6-15-23)28-20-10-9-19-27(28)31/h1-21H. The van der Waals surface area contributed by atoms with Gasteiger partial charge in [0.1, 0.15) is 0 Å². The van der Waals surface area contributed by atoms with E-state index in [9.17, 15) is 0 Å². The molecule has 0 radical (unpaired) electrons. The lowest BCUT2D eigenvalue weighted by Crippen LogP contribution is -2.35. The molecule has 0 saturated heterocycles. The molecule has 150 valence electrons. The van der Waals surface area contributed by atoms with Crippen molar-refractivity contribution in [1.82, 2.24) is 0 Å². The van der Waals surface area contributed by atoms with Gasteiger partial charge in [-0.2, -0.15) is 0 Å². The first-order valence-electron chi connectivity index (χ1n) is 11.1. The van der Waals surface area contributed by atoms with E-state index in [4.69, 9.17) is 0 Å². The van der Waals surface area contributed by atoms with Crippen LogP contribution in [0.25, 0.3) is 11.1 Å². The van der Waals surface area contributed by atoms with Crippen molar-refractivity contribution in [1.29, 1.82) is 0 Å². The summed E-state index contributed by atoms with van der Waals surface area (Å²) >= 11 is 0. The van der Waals surface area contributed by atoms with E-state index >= 15 is 0 Å². The van der Waals surface area contributed by atoms with E-state index in [2.05, 4.69) is 132 Å². The van der Waals surface area contributed by atoms with Crippen LogP contribution >= 0.6 is 0 Å². The number of benzene rings is 5. The molecule has 0 aromatic heterocycles. The van der Waals surface area contributed by atoms with Crippen LogP contribution in [0.15, 0.2) is 127 Å². The molecule has 1 aliphatic heterocycles. The van der Waals surface area contributed by atoms with Gasteiger partial charge in [0.25, 0.3) is 0 Å². The Morgan fingerprint density at radius 1 is 0.438 bits per heavy atom. The minimum absolute atomic E-state index is 0.328. The second kappa shape index (κ2) is 6.45. The van der Waals surface area contributed by atoms with Crippen LogP contribution in [0.1, 0.15) is 22.3 Å². The molecule has 5 aromatic rings. The van der Waals surface area contributed by atoms with Crippen LogP contribution < -0.4 is 4.90 Å². The van der Waals surface area contributed by atoms with Gasteiger partial charge in [0.05, 0.1) is 16.8 Å². The molecule has 1 aliphatic carbocycles. The van der Waals surface area contributed by atoms with Gasteiger partial charge in [-0.15, -0.1) is 0 Å². The molecule has 7 rings (SSSR count). The first kappa shape index (κ1) is 17.6. The normalized spacial score (nSPS) is 17.4. The number of hydrogen-bond acceptors (Lipinski definition) is 1. The van der Waals surface area contributed by atoms with Crippen LogP contribution in [-0.4, -0.2) is 0 Å². The zero-order valence-electron chi connectivity index (χ0n) is 17.6. The van der Waals surface area contributed by atoms with Crippen molar-refractivity contribution in [2.75, 3.05) is 4.90 Å². The van der Waals surface area contributed by atoms with E-state index in [0.29, 0.717) is 0 Å². The molecule has 1 heterocycles. The van der Waals surface area contributed by atoms with E-state index < -0.39 is 0 Å². The quantitative estimate of drug-likeness (QED) is 0.282. The van der Waals surface area contributed by atoms with Crippen molar-refractivity contribution >= 4 is 17.1 Å². The van der Waals surface area contributed by atoms with Gasteiger partial charge in [0.15, 0.2) is 0 Å². The molecule has 1 nitrogen and oxygen atoms in total. The molecule has 0 fully saturated rings. The Labute approximate surface area is 188 Å². The second-order valence-corrected chi connectivity index (χ2v) is 8.55. The lowest BCUT2D eigenvalue weighted by atomic mass is 9.65. The van der Waals surface area contributed by atoms with Crippen molar-refractivity contribution in [3.05, 3.63) is 150 Å². The number of rotatable bonds is 2. The average molecular weight is 408 g/mol. The van der Waals surface area contributed by atoms with Gasteiger partial charge in [-0.1, -0.05) is 103 Å². The molecule has 0 saturated carbocycles. The Bertz CT molecular complexity index is 1470. The maximum atomic E-state index is 2.43. The van der Waals surface area contributed by atoms with Gasteiger partial charge < -0.3 is 4.90 Å². The minimum Gasteiger partial charge on any atom is -0.310 e. The Morgan fingerprint density at radius 3 is 1.84 bits per heavy atom. The summed E-state index contributed by atoms with van der Waals surface area (Å²) in [5.74, 6) is 0. The van der Waals surface area contributed by atoms with Crippen LogP contribution in [0.3, 0.4) is 0 Å². The van der Waals surface area contributed by atoms with Crippen molar-refractivity contribution in [3.8, 4) is 11.1 Å². The molecule has 5 aromatic carbocycles. The molecule has 0 bridgehead atoms. The van der Waals surface area contributed by atoms with Crippen LogP contribution in [0.5, 0.6) is 0 Å². The monoisotopic (exact) mass is 407 g/mol. The molecule has 0 spiro atoms. The van der Waals surface area contributed by atoms with Crippen molar-refractivity contribution in [2.24, 2.45) is 0 Å². The molecule has 2 aliphatic rings. The Hall–Kier alpha value is -4.10. The first-order chi connectivity index (χ1) is 15.9. The fraction of sp³-hybridized carbons (Fsp3) is 0.0323. The van der Waals surface area contributed by atoms with Crippen LogP contribution in [-0.2, 0) is 5.41 Å². The third-order valence-corrected chi connectivity index (χ3v) is 7.05. The number of para-hydroxylation sites is 2. The van der Waals surface area contributed by atoms with Gasteiger partial charge in [-0.3, -0.25) is 0 Å². The minimum atomic E-state index is -0.328. The molecule has 1 unspecified atom stereocenters. The summed E-state index contributed by atoms with van der Waals surface area (Å²) in [4.78, 5) is 2.43. The number of fused-ring (bicyclic) bond motifs is 5. The average Bonchev–Trinajstić information content (AvgIpc) is 3.18. The van der Waals surface area contributed by atoms with Crippen LogP contribution in [0.4, 0.5) is 17.1 Å². The highest BCUT2D eigenvalue weighted by Gasteiger charge is 2.52.